The number of carbonyl (C=O) groups is 1. The number of carbonyl (C=O) groups excluding carboxylic acids is 1. The number of rotatable bonds is 2. The molecule has 0 bridgehead atoms. The summed E-state index contributed by atoms with van der Waals surface area (Å²) in [4.78, 5) is 22.3. The molecule has 0 unspecified atom stereocenters. The minimum absolute atomic E-state index is 0.0815. The molecule has 6 heteroatoms. The quantitative estimate of drug-likeness (QED) is 0.663. The van der Waals surface area contributed by atoms with Gasteiger partial charge in [-0.1, -0.05) is 12.1 Å². The molecule has 0 aliphatic carbocycles. The van der Waals surface area contributed by atoms with Crippen molar-refractivity contribution in [2.24, 2.45) is 0 Å². The molecule has 3 heterocycles. The molecule has 5 nitrogen and oxygen atoms in total. The Morgan fingerprint density at radius 3 is 2.65 bits per heavy atom. The predicted octanol–water partition coefficient (Wildman–Crippen LogP) is 3.64. The molecule has 3 aromatic rings. The summed E-state index contributed by atoms with van der Waals surface area (Å²) >= 11 is 0. The van der Waals surface area contributed by atoms with Crippen LogP contribution in [0.1, 0.15) is 25.0 Å². The Kier molecular flexibility index (Phi) is 3.47. The maximum atomic E-state index is 13.5. The number of nitrogens with zero attached hydrogens (tertiary/aromatic N) is 4. The van der Waals surface area contributed by atoms with E-state index in [1.807, 2.05) is 45.2 Å². The Bertz CT molecular complexity index is 1040. The number of aryl methyl sites for hydroxylation is 1. The number of fused-ring (bicyclic) bond motifs is 1. The second-order valence-corrected chi connectivity index (χ2v) is 7.18. The molecule has 1 aliphatic heterocycles. The van der Waals surface area contributed by atoms with Gasteiger partial charge in [0, 0.05) is 36.8 Å². The Morgan fingerprint density at radius 1 is 1.12 bits per heavy atom. The topological polar surface area (TPSA) is 51.0 Å². The van der Waals surface area contributed by atoms with Gasteiger partial charge in [0.05, 0.1) is 23.1 Å². The molecular formula is C20H19FN4O. The van der Waals surface area contributed by atoms with Crippen LogP contribution in [0.15, 0.2) is 43.0 Å². The number of pyridine rings is 1. The monoisotopic (exact) mass is 350 g/mol. The molecule has 132 valence electrons. The highest BCUT2D eigenvalue weighted by Crippen LogP contribution is 2.42. The molecule has 0 spiro atoms. The van der Waals surface area contributed by atoms with Crippen LogP contribution >= 0.6 is 0 Å². The standard InChI is InChI=1S/C20H19FN4O/c1-12-9-22-18(21)8-16(12)25-10-15(23-11-25)13-5-6-14-17(7-13)24(4)19(26)20(14,2)3/h5-11H,1-4H3. The zero-order chi connectivity index (χ0) is 18.6. The maximum Gasteiger partial charge on any atom is 0.236 e. The van der Waals surface area contributed by atoms with Crippen molar-refractivity contribution in [1.29, 1.82) is 0 Å². The third-order valence-corrected chi connectivity index (χ3v) is 5.07. The molecule has 4 rings (SSSR count). The summed E-state index contributed by atoms with van der Waals surface area (Å²) in [5.41, 5.74) is 4.62. The first-order chi connectivity index (χ1) is 12.3. The number of anilines is 1. The highest BCUT2D eigenvalue weighted by atomic mass is 19.1. The lowest BCUT2D eigenvalue weighted by atomic mass is 9.86. The number of likely N-dealkylation sites (N-methyl/N-ethyl adjacent to an activating group) is 1. The maximum absolute atomic E-state index is 13.5. The fourth-order valence-electron chi connectivity index (χ4n) is 3.51. The van der Waals surface area contributed by atoms with Crippen LogP contribution < -0.4 is 4.90 Å². The average Bonchev–Trinajstić information content (AvgIpc) is 3.17. The predicted molar refractivity (Wildman–Crippen MR) is 97.9 cm³/mol. The van der Waals surface area contributed by atoms with Crippen molar-refractivity contribution in [3.05, 3.63) is 60.1 Å². The fourth-order valence-corrected chi connectivity index (χ4v) is 3.51. The van der Waals surface area contributed by atoms with Crippen LogP contribution in [0.2, 0.25) is 0 Å². The number of hydrogen-bond donors (Lipinski definition) is 0. The van der Waals surface area contributed by atoms with E-state index in [4.69, 9.17) is 0 Å². The van der Waals surface area contributed by atoms with E-state index in [1.165, 1.54) is 12.3 Å². The zero-order valence-electron chi connectivity index (χ0n) is 15.1. The Morgan fingerprint density at radius 2 is 1.88 bits per heavy atom. The van der Waals surface area contributed by atoms with Crippen LogP contribution in [-0.4, -0.2) is 27.5 Å². The fraction of sp³-hybridized carbons (Fsp3) is 0.250. The first-order valence-corrected chi connectivity index (χ1v) is 8.38. The van der Waals surface area contributed by atoms with Gasteiger partial charge in [-0.15, -0.1) is 0 Å². The molecule has 0 radical (unpaired) electrons. The summed E-state index contributed by atoms with van der Waals surface area (Å²) in [7, 11) is 1.79. The van der Waals surface area contributed by atoms with Crippen LogP contribution in [0.3, 0.4) is 0 Å². The normalized spacial score (nSPS) is 15.4. The number of imidazole rings is 1. The highest BCUT2D eigenvalue weighted by molar-refractivity contribution is 6.07. The minimum Gasteiger partial charge on any atom is -0.314 e. The van der Waals surface area contributed by atoms with Gasteiger partial charge >= 0.3 is 0 Å². The van der Waals surface area contributed by atoms with E-state index < -0.39 is 11.4 Å². The van der Waals surface area contributed by atoms with E-state index in [1.54, 1.807) is 22.8 Å². The molecule has 0 saturated carbocycles. The van der Waals surface area contributed by atoms with Crippen LogP contribution in [-0.2, 0) is 10.2 Å². The van der Waals surface area contributed by atoms with Crippen LogP contribution in [0.4, 0.5) is 10.1 Å². The molecule has 2 aromatic heterocycles. The first kappa shape index (κ1) is 16.4. The average molecular weight is 350 g/mol. The summed E-state index contributed by atoms with van der Waals surface area (Å²) in [6.07, 6.45) is 5.01. The Balaban J connectivity index is 1.76. The van der Waals surface area contributed by atoms with Gasteiger partial charge in [0.1, 0.15) is 0 Å². The van der Waals surface area contributed by atoms with Crippen molar-refractivity contribution >= 4 is 11.6 Å². The van der Waals surface area contributed by atoms with Gasteiger partial charge in [-0.2, -0.15) is 4.39 Å². The smallest absolute Gasteiger partial charge is 0.236 e. The van der Waals surface area contributed by atoms with E-state index in [0.29, 0.717) is 5.69 Å². The number of halogens is 1. The van der Waals surface area contributed by atoms with E-state index in [0.717, 1.165) is 28.1 Å². The van der Waals surface area contributed by atoms with Gasteiger partial charge in [0.25, 0.3) is 0 Å². The lowest BCUT2D eigenvalue weighted by Crippen LogP contribution is -2.33. The number of hydrogen-bond acceptors (Lipinski definition) is 3. The van der Waals surface area contributed by atoms with Crippen molar-refractivity contribution < 1.29 is 9.18 Å². The van der Waals surface area contributed by atoms with Gasteiger partial charge in [-0.25, -0.2) is 9.97 Å². The summed E-state index contributed by atoms with van der Waals surface area (Å²) < 4.78 is 15.3. The summed E-state index contributed by atoms with van der Waals surface area (Å²) in [5, 5.41) is 0. The molecule has 1 aliphatic rings. The van der Waals surface area contributed by atoms with Crippen LogP contribution in [0.25, 0.3) is 16.9 Å². The molecule has 1 aromatic carbocycles. The number of aromatic nitrogens is 3. The van der Waals surface area contributed by atoms with E-state index in [2.05, 4.69) is 9.97 Å². The first-order valence-electron chi connectivity index (χ1n) is 8.38. The van der Waals surface area contributed by atoms with Crippen LogP contribution in [0, 0.1) is 12.9 Å². The SMILES string of the molecule is Cc1cnc(F)cc1-n1cnc(-c2ccc3c(c2)N(C)C(=O)C3(C)C)c1. The molecule has 0 atom stereocenters. The second-order valence-electron chi connectivity index (χ2n) is 7.18. The second kappa shape index (κ2) is 5.49. The third-order valence-electron chi connectivity index (χ3n) is 5.07. The third kappa shape index (κ3) is 2.33. The molecule has 0 N–H and O–H groups in total. The number of amides is 1. The molecule has 26 heavy (non-hydrogen) atoms. The minimum atomic E-state index is -0.527. The van der Waals surface area contributed by atoms with Crippen molar-refractivity contribution in [3.63, 3.8) is 0 Å². The zero-order valence-corrected chi connectivity index (χ0v) is 15.1. The number of benzene rings is 1. The van der Waals surface area contributed by atoms with E-state index >= 15 is 0 Å². The lowest BCUT2D eigenvalue weighted by molar-refractivity contribution is -0.121. The van der Waals surface area contributed by atoms with Gasteiger partial charge < -0.3 is 9.47 Å². The summed E-state index contributed by atoms with van der Waals surface area (Å²) in [5.74, 6) is -0.446. The molecule has 1 amide bonds. The Labute approximate surface area is 151 Å². The lowest BCUT2D eigenvalue weighted by Gasteiger charge is -2.16. The van der Waals surface area contributed by atoms with Gasteiger partial charge in [-0.3, -0.25) is 4.79 Å². The van der Waals surface area contributed by atoms with Crippen molar-refractivity contribution in [2.45, 2.75) is 26.2 Å². The molecular weight excluding hydrogens is 331 g/mol. The highest BCUT2D eigenvalue weighted by Gasteiger charge is 2.42. The largest absolute Gasteiger partial charge is 0.314 e. The van der Waals surface area contributed by atoms with Crippen molar-refractivity contribution in [2.75, 3.05) is 11.9 Å². The van der Waals surface area contributed by atoms with Gasteiger partial charge in [-0.05, 0) is 38.0 Å². The van der Waals surface area contributed by atoms with E-state index in [9.17, 15) is 9.18 Å². The molecule has 0 fully saturated rings. The Hall–Kier alpha value is -3.02. The summed E-state index contributed by atoms with van der Waals surface area (Å²) in [6.45, 7) is 5.75. The van der Waals surface area contributed by atoms with Crippen molar-refractivity contribution in [1.82, 2.24) is 14.5 Å². The van der Waals surface area contributed by atoms with Crippen molar-refractivity contribution in [3.8, 4) is 16.9 Å². The van der Waals surface area contributed by atoms with E-state index in [-0.39, 0.29) is 5.91 Å². The summed E-state index contributed by atoms with van der Waals surface area (Å²) in [6, 6.07) is 7.33. The van der Waals surface area contributed by atoms with Gasteiger partial charge in [0.2, 0.25) is 11.9 Å². The van der Waals surface area contributed by atoms with Crippen LogP contribution in [0.5, 0.6) is 0 Å². The van der Waals surface area contributed by atoms with Gasteiger partial charge in [0.15, 0.2) is 0 Å². The molecule has 0 saturated heterocycles.